The van der Waals surface area contributed by atoms with Crippen molar-refractivity contribution in [2.24, 2.45) is 5.73 Å². The summed E-state index contributed by atoms with van der Waals surface area (Å²) in [5.74, 6) is 0.774. The maximum Gasteiger partial charge on any atom is 0.137 e. The Morgan fingerprint density at radius 2 is 1.95 bits per heavy atom. The van der Waals surface area contributed by atoms with Gasteiger partial charge in [0, 0.05) is 15.4 Å². The van der Waals surface area contributed by atoms with Crippen LogP contribution in [0, 0.1) is 27.7 Å². The van der Waals surface area contributed by atoms with E-state index in [4.69, 9.17) is 18.0 Å². The van der Waals surface area contributed by atoms with Crippen LogP contribution in [0.3, 0.4) is 0 Å². The lowest BCUT2D eigenvalue weighted by atomic mass is 10.1. The molecular weight excluding hydrogens is 298 g/mol. The first-order chi connectivity index (χ1) is 9.79. The molecule has 0 bridgehead atoms. The van der Waals surface area contributed by atoms with Crippen LogP contribution in [-0.4, -0.2) is 9.97 Å². The van der Waals surface area contributed by atoms with E-state index < -0.39 is 0 Å². The lowest BCUT2D eigenvalue weighted by Gasteiger charge is -2.19. The predicted molar refractivity (Wildman–Crippen MR) is 95.4 cm³/mol. The summed E-state index contributed by atoms with van der Waals surface area (Å²) in [5.41, 5.74) is 10.0. The molecule has 3 N–H and O–H groups in total. The van der Waals surface area contributed by atoms with Gasteiger partial charge < -0.3 is 11.1 Å². The van der Waals surface area contributed by atoms with Crippen LogP contribution in [0.1, 0.15) is 45.1 Å². The van der Waals surface area contributed by atoms with Crippen molar-refractivity contribution in [2.75, 3.05) is 5.32 Å². The van der Waals surface area contributed by atoms with E-state index in [-0.39, 0.29) is 6.04 Å². The van der Waals surface area contributed by atoms with E-state index in [1.807, 2.05) is 31.3 Å². The molecule has 21 heavy (non-hydrogen) atoms. The molecule has 0 spiro atoms. The van der Waals surface area contributed by atoms with Crippen LogP contribution < -0.4 is 11.1 Å². The number of aromatic nitrogens is 1. The summed E-state index contributed by atoms with van der Waals surface area (Å²) in [4.78, 5) is 7.61. The Kier molecular flexibility index (Phi) is 4.64. The molecule has 5 heteroatoms. The van der Waals surface area contributed by atoms with Crippen molar-refractivity contribution in [3.05, 3.63) is 44.3 Å². The topological polar surface area (TPSA) is 50.9 Å². The summed E-state index contributed by atoms with van der Waals surface area (Å²) < 4.78 is 0. The van der Waals surface area contributed by atoms with Crippen molar-refractivity contribution in [1.82, 2.24) is 4.98 Å². The molecule has 2 heterocycles. The molecule has 1 unspecified atom stereocenters. The molecule has 0 fully saturated rings. The average molecular weight is 319 g/mol. The van der Waals surface area contributed by atoms with E-state index in [9.17, 15) is 0 Å². The number of nitrogens with one attached hydrogen (secondary N) is 1. The van der Waals surface area contributed by atoms with Crippen molar-refractivity contribution in [3.8, 4) is 0 Å². The molecule has 2 aromatic rings. The minimum Gasteiger partial charge on any atom is -0.389 e. The average Bonchev–Trinajstić information content (AvgIpc) is 2.66. The van der Waals surface area contributed by atoms with Gasteiger partial charge in [0.2, 0.25) is 0 Å². The standard InChI is InChI=1S/C16H21N3S2/c1-8-6-9(2)18-16(14(8)15(17)20)19-11(4)13-7-10(3)21-12(13)5/h6-7,11H,1-5H3,(H2,17,20)(H,18,19). The number of hydrogen-bond donors (Lipinski definition) is 2. The zero-order valence-electron chi connectivity index (χ0n) is 13.1. The Balaban J connectivity index is 2.39. The molecule has 0 aliphatic heterocycles. The molecule has 2 aromatic heterocycles. The first-order valence-electron chi connectivity index (χ1n) is 6.91. The highest BCUT2D eigenvalue weighted by Crippen LogP contribution is 2.29. The fourth-order valence-electron chi connectivity index (χ4n) is 2.62. The zero-order chi connectivity index (χ0) is 15.7. The van der Waals surface area contributed by atoms with Gasteiger partial charge in [0.25, 0.3) is 0 Å². The Morgan fingerprint density at radius 1 is 1.29 bits per heavy atom. The normalized spacial score (nSPS) is 12.2. The van der Waals surface area contributed by atoms with Crippen molar-refractivity contribution in [1.29, 1.82) is 0 Å². The second kappa shape index (κ2) is 6.12. The van der Waals surface area contributed by atoms with E-state index in [1.54, 1.807) is 0 Å². The van der Waals surface area contributed by atoms with Gasteiger partial charge in [-0.1, -0.05) is 12.2 Å². The monoisotopic (exact) mass is 319 g/mol. The molecule has 2 rings (SSSR count). The lowest BCUT2D eigenvalue weighted by Crippen LogP contribution is -2.18. The number of thiophene rings is 1. The smallest absolute Gasteiger partial charge is 0.137 e. The van der Waals surface area contributed by atoms with Gasteiger partial charge in [0.15, 0.2) is 0 Å². The van der Waals surface area contributed by atoms with E-state index in [0.29, 0.717) is 4.99 Å². The SMILES string of the molecule is Cc1cc(C)c(C(N)=S)c(NC(C)c2cc(C)sc2C)n1. The van der Waals surface area contributed by atoms with Crippen molar-refractivity contribution in [2.45, 2.75) is 40.7 Å². The number of aryl methyl sites for hydroxylation is 4. The van der Waals surface area contributed by atoms with Crippen molar-refractivity contribution in [3.63, 3.8) is 0 Å². The van der Waals surface area contributed by atoms with E-state index >= 15 is 0 Å². The number of hydrogen-bond acceptors (Lipinski definition) is 4. The minimum atomic E-state index is 0.164. The summed E-state index contributed by atoms with van der Waals surface area (Å²) in [6, 6.07) is 4.39. The van der Waals surface area contributed by atoms with Crippen LogP contribution in [0.25, 0.3) is 0 Å². The van der Waals surface area contributed by atoms with Crippen LogP contribution in [0.4, 0.5) is 5.82 Å². The van der Waals surface area contributed by atoms with E-state index in [1.165, 1.54) is 15.3 Å². The Morgan fingerprint density at radius 3 is 2.48 bits per heavy atom. The summed E-state index contributed by atoms with van der Waals surface area (Å²) in [7, 11) is 0. The van der Waals surface area contributed by atoms with Crippen LogP contribution >= 0.6 is 23.6 Å². The number of anilines is 1. The van der Waals surface area contributed by atoms with Gasteiger partial charge in [-0.05, 0) is 57.9 Å². The molecular formula is C16H21N3S2. The fourth-order valence-corrected chi connectivity index (χ4v) is 3.90. The Hall–Kier alpha value is -1.46. The molecule has 0 aromatic carbocycles. The fraction of sp³-hybridized carbons (Fsp3) is 0.375. The maximum atomic E-state index is 5.87. The molecule has 0 amide bonds. The number of thiocarbonyl (C=S) groups is 1. The molecule has 0 saturated carbocycles. The quantitative estimate of drug-likeness (QED) is 0.830. The highest BCUT2D eigenvalue weighted by Gasteiger charge is 2.16. The van der Waals surface area contributed by atoms with Gasteiger partial charge >= 0.3 is 0 Å². The lowest BCUT2D eigenvalue weighted by molar-refractivity contribution is 0.868. The van der Waals surface area contributed by atoms with Crippen molar-refractivity contribution >= 4 is 34.4 Å². The van der Waals surface area contributed by atoms with Gasteiger partial charge in [-0.15, -0.1) is 11.3 Å². The van der Waals surface area contributed by atoms with Crippen LogP contribution in [-0.2, 0) is 0 Å². The third-order valence-electron chi connectivity index (χ3n) is 3.49. The van der Waals surface area contributed by atoms with Gasteiger partial charge in [-0.25, -0.2) is 4.98 Å². The maximum absolute atomic E-state index is 5.87. The Labute approximate surface area is 135 Å². The first-order valence-corrected chi connectivity index (χ1v) is 8.13. The number of rotatable bonds is 4. The van der Waals surface area contributed by atoms with E-state index in [2.05, 4.69) is 37.1 Å². The largest absolute Gasteiger partial charge is 0.389 e. The molecule has 1 atom stereocenters. The molecule has 0 saturated heterocycles. The second-order valence-electron chi connectivity index (χ2n) is 5.40. The summed E-state index contributed by atoms with van der Waals surface area (Å²) in [6.07, 6.45) is 0. The molecule has 0 radical (unpaired) electrons. The molecule has 0 aliphatic carbocycles. The minimum absolute atomic E-state index is 0.164. The number of pyridine rings is 1. The van der Waals surface area contributed by atoms with Gasteiger partial charge in [-0.2, -0.15) is 0 Å². The number of nitrogens with two attached hydrogens (primary N) is 1. The third kappa shape index (κ3) is 3.41. The summed E-state index contributed by atoms with van der Waals surface area (Å²) >= 11 is 6.99. The first kappa shape index (κ1) is 15.9. The Bertz CT molecular complexity index is 689. The molecule has 0 aliphatic rings. The van der Waals surface area contributed by atoms with Crippen molar-refractivity contribution < 1.29 is 0 Å². The number of nitrogens with zero attached hydrogens (tertiary/aromatic N) is 1. The van der Waals surface area contributed by atoms with Crippen LogP contribution in [0.5, 0.6) is 0 Å². The van der Waals surface area contributed by atoms with Gasteiger partial charge in [0.05, 0.1) is 11.6 Å². The van der Waals surface area contributed by atoms with Crippen LogP contribution in [0.2, 0.25) is 0 Å². The predicted octanol–water partition coefficient (Wildman–Crippen LogP) is 4.18. The highest BCUT2D eigenvalue weighted by atomic mass is 32.1. The third-order valence-corrected chi connectivity index (χ3v) is 4.68. The van der Waals surface area contributed by atoms with E-state index in [0.717, 1.165) is 22.6 Å². The highest BCUT2D eigenvalue weighted by molar-refractivity contribution is 7.80. The van der Waals surface area contributed by atoms with Gasteiger partial charge in [0.1, 0.15) is 10.8 Å². The summed E-state index contributed by atoms with van der Waals surface area (Å²) in [6.45, 7) is 10.4. The van der Waals surface area contributed by atoms with Crippen LogP contribution in [0.15, 0.2) is 12.1 Å². The second-order valence-corrected chi connectivity index (χ2v) is 7.30. The summed E-state index contributed by atoms with van der Waals surface area (Å²) in [5, 5.41) is 3.47. The molecule has 3 nitrogen and oxygen atoms in total. The zero-order valence-corrected chi connectivity index (χ0v) is 14.7. The van der Waals surface area contributed by atoms with Gasteiger partial charge in [-0.3, -0.25) is 0 Å². The molecule has 112 valence electrons.